The van der Waals surface area contributed by atoms with Gasteiger partial charge in [0.2, 0.25) is 0 Å². The molecule has 6 aliphatic rings. The van der Waals surface area contributed by atoms with Gasteiger partial charge in [0.15, 0.2) is 0 Å². The van der Waals surface area contributed by atoms with Crippen molar-refractivity contribution >= 4 is 0 Å². The lowest BCUT2D eigenvalue weighted by Crippen LogP contribution is -2.62. The molecule has 3 nitrogen and oxygen atoms in total. The Bertz CT molecular complexity index is 543. The van der Waals surface area contributed by atoms with Crippen molar-refractivity contribution in [2.75, 3.05) is 13.2 Å². The van der Waals surface area contributed by atoms with Gasteiger partial charge in [0.1, 0.15) is 0 Å². The summed E-state index contributed by atoms with van der Waals surface area (Å²) in [4.78, 5) is 0. The molecule has 0 aliphatic heterocycles. The molecule has 4 bridgehead atoms. The standard InChI is InChI=1S/C20H32O3/c1-17-6-12(23)7-20(10-21,11-22)15(17)3-4-19-8-14-13(5-16(17)19)18(14,2)9-19/h12-16,21-23H,3-11H2,1-2H3/t12-,13+,14-,15-,16-,17+,18+,19-/m0/s1. The summed E-state index contributed by atoms with van der Waals surface area (Å²) in [6.07, 6.45) is 7.67. The first-order chi connectivity index (χ1) is 10.8. The Labute approximate surface area is 139 Å². The molecule has 6 rings (SSSR count). The average Bonchev–Trinajstić information content (AvgIpc) is 2.96. The van der Waals surface area contributed by atoms with E-state index in [0.717, 1.165) is 24.7 Å². The predicted molar refractivity (Wildman–Crippen MR) is 87.5 cm³/mol. The van der Waals surface area contributed by atoms with Crippen molar-refractivity contribution in [1.29, 1.82) is 0 Å². The fraction of sp³-hybridized carbons (Fsp3) is 1.00. The molecule has 1 spiro atoms. The van der Waals surface area contributed by atoms with Crippen LogP contribution < -0.4 is 0 Å². The quantitative estimate of drug-likeness (QED) is 0.733. The topological polar surface area (TPSA) is 60.7 Å². The van der Waals surface area contributed by atoms with Crippen LogP contribution in [0, 0.1) is 45.3 Å². The maximum Gasteiger partial charge on any atom is 0.0552 e. The SMILES string of the molecule is C[C@@]12C[C@H](O)CC(CO)(CO)[C@H]1CC[C@@]13C[C@H]4[C@@H](C[C@H]12)[C@@]4(C)C3. The van der Waals surface area contributed by atoms with Gasteiger partial charge < -0.3 is 15.3 Å². The predicted octanol–water partition coefficient (Wildman–Crippen LogP) is 2.58. The van der Waals surface area contributed by atoms with Gasteiger partial charge in [-0.3, -0.25) is 0 Å². The molecular formula is C20H32O3. The van der Waals surface area contributed by atoms with Crippen molar-refractivity contribution in [3.8, 4) is 0 Å². The fourth-order valence-electron chi connectivity index (χ4n) is 9.09. The zero-order valence-electron chi connectivity index (χ0n) is 14.6. The zero-order chi connectivity index (χ0) is 16.3. The Hall–Kier alpha value is -0.120. The van der Waals surface area contributed by atoms with Gasteiger partial charge in [0.05, 0.1) is 19.3 Å². The second-order valence-corrected chi connectivity index (χ2v) is 10.6. The van der Waals surface area contributed by atoms with Crippen molar-refractivity contribution in [2.24, 2.45) is 45.3 Å². The largest absolute Gasteiger partial charge is 0.396 e. The van der Waals surface area contributed by atoms with Crippen LogP contribution in [0.15, 0.2) is 0 Å². The van der Waals surface area contributed by atoms with Gasteiger partial charge in [-0.15, -0.1) is 0 Å². The molecule has 0 aromatic carbocycles. The molecule has 23 heavy (non-hydrogen) atoms. The van der Waals surface area contributed by atoms with Crippen LogP contribution in [0.25, 0.3) is 0 Å². The molecule has 0 aromatic rings. The number of fused-ring (bicyclic) bond motifs is 1. The van der Waals surface area contributed by atoms with Crippen LogP contribution in [-0.4, -0.2) is 34.6 Å². The Balaban J connectivity index is 1.56. The lowest BCUT2D eigenvalue weighted by Gasteiger charge is -2.66. The van der Waals surface area contributed by atoms with Crippen molar-refractivity contribution in [3.63, 3.8) is 0 Å². The molecule has 130 valence electrons. The third-order valence-electron chi connectivity index (χ3n) is 9.87. The van der Waals surface area contributed by atoms with Crippen LogP contribution in [0.5, 0.6) is 0 Å². The molecular weight excluding hydrogens is 288 g/mol. The first-order valence-electron chi connectivity index (χ1n) is 9.73. The molecule has 0 amide bonds. The average molecular weight is 320 g/mol. The summed E-state index contributed by atoms with van der Waals surface area (Å²) in [6.45, 7) is 4.95. The highest BCUT2D eigenvalue weighted by molar-refractivity contribution is 5.27. The van der Waals surface area contributed by atoms with E-state index in [0.29, 0.717) is 29.1 Å². The van der Waals surface area contributed by atoms with Gasteiger partial charge in [0, 0.05) is 5.41 Å². The van der Waals surface area contributed by atoms with E-state index >= 15 is 0 Å². The second-order valence-electron chi connectivity index (χ2n) is 10.6. The van der Waals surface area contributed by atoms with E-state index in [1.165, 1.54) is 25.7 Å². The number of hydrogen-bond donors (Lipinski definition) is 3. The summed E-state index contributed by atoms with van der Waals surface area (Å²) in [5, 5.41) is 30.8. The molecule has 0 radical (unpaired) electrons. The van der Waals surface area contributed by atoms with E-state index in [1.54, 1.807) is 0 Å². The van der Waals surface area contributed by atoms with Crippen LogP contribution in [0.1, 0.15) is 58.8 Å². The summed E-state index contributed by atoms with van der Waals surface area (Å²) in [6, 6.07) is 0. The minimum absolute atomic E-state index is 0.0182. The van der Waals surface area contributed by atoms with Gasteiger partial charge in [-0.05, 0) is 84.9 Å². The van der Waals surface area contributed by atoms with Crippen LogP contribution in [0.3, 0.4) is 0 Å². The monoisotopic (exact) mass is 320 g/mol. The highest BCUT2D eigenvalue weighted by atomic mass is 16.3. The maximum atomic E-state index is 10.6. The smallest absolute Gasteiger partial charge is 0.0552 e. The Morgan fingerprint density at radius 3 is 2.26 bits per heavy atom. The van der Waals surface area contributed by atoms with E-state index in [4.69, 9.17) is 0 Å². The van der Waals surface area contributed by atoms with E-state index in [2.05, 4.69) is 13.8 Å². The molecule has 0 heterocycles. The van der Waals surface area contributed by atoms with Crippen molar-refractivity contribution in [1.82, 2.24) is 0 Å². The summed E-state index contributed by atoms with van der Waals surface area (Å²) in [5.74, 6) is 2.96. The van der Waals surface area contributed by atoms with Crippen LogP contribution in [0.4, 0.5) is 0 Å². The first-order valence-corrected chi connectivity index (χ1v) is 9.73. The first kappa shape index (κ1) is 15.2. The Morgan fingerprint density at radius 1 is 0.913 bits per heavy atom. The van der Waals surface area contributed by atoms with Crippen molar-refractivity contribution < 1.29 is 15.3 Å². The van der Waals surface area contributed by atoms with Gasteiger partial charge >= 0.3 is 0 Å². The maximum absolute atomic E-state index is 10.6. The van der Waals surface area contributed by atoms with Crippen molar-refractivity contribution in [2.45, 2.75) is 64.9 Å². The molecule has 3 heteroatoms. The molecule has 8 atom stereocenters. The number of hydrogen-bond acceptors (Lipinski definition) is 3. The molecule has 3 N–H and O–H groups in total. The van der Waals surface area contributed by atoms with Crippen LogP contribution in [0.2, 0.25) is 0 Å². The normalized spacial score (nSPS) is 61.7. The zero-order valence-corrected chi connectivity index (χ0v) is 14.6. The van der Waals surface area contributed by atoms with Crippen LogP contribution in [-0.2, 0) is 0 Å². The molecule has 0 saturated heterocycles. The molecule has 0 aromatic heterocycles. The highest BCUT2D eigenvalue weighted by Crippen LogP contribution is 2.85. The minimum Gasteiger partial charge on any atom is -0.396 e. The Morgan fingerprint density at radius 2 is 1.65 bits per heavy atom. The third kappa shape index (κ3) is 1.54. The van der Waals surface area contributed by atoms with Gasteiger partial charge in [-0.2, -0.15) is 0 Å². The number of aliphatic hydroxyl groups is 3. The number of rotatable bonds is 2. The minimum atomic E-state index is -0.471. The fourth-order valence-corrected chi connectivity index (χ4v) is 9.09. The number of aliphatic hydroxyl groups excluding tert-OH is 3. The third-order valence-corrected chi connectivity index (χ3v) is 9.87. The summed E-state index contributed by atoms with van der Waals surface area (Å²) in [7, 11) is 0. The van der Waals surface area contributed by atoms with E-state index in [1.807, 2.05) is 0 Å². The molecule has 6 fully saturated rings. The lowest BCUT2D eigenvalue weighted by atomic mass is 9.39. The van der Waals surface area contributed by atoms with E-state index in [-0.39, 0.29) is 24.7 Å². The van der Waals surface area contributed by atoms with E-state index < -0.39 is 5.41 Å². The van der Waals surface area contributed by atoms with Crippen molar-refractivity contribution in [3.05, 3.63) is 0 Å². The van der Waals surface area contributed by atoms with Gasteiger partial charge in [-0.1, -0.05) is 13.8 Å². The summed E-state index contributed by atoms with van der Waals surface area (Å²) in [5.41, 5.74) is 0.767. The van der Waals surface area contributed by atoms with Gasteiger partial charge in [-0.25, -0.2) is 0 Å². The molecule has 6 aliphatic carbocycles. The highest BCUT2D eigenvalue weighted by Gasteiger charge is 2.78. The summed E-state index contributed by atoms with van der Waals surface area (Å²) < 4.78 is 0. The van der Waals surface area contributed by atoms with E-state index in [9.17, 15) is 15.3 Å². The molecule has 0 unspecified atom stereocenters. The molecule has 6 saturated carbocycles. The Kier molecular flexibility index (Phi) is 2.74. The summed E-state index contributed by atoms with van der Waals surface area (Å²) >= 11 is 0. The van der Waals surface area contributed by atoms with Crippen LogP contribution >= 0.6 is 0 Å². The lowest BCUT2D eigenvalue weighted by molar-refractivity contribution is -0.209. The second kappa shape index (κ2) is 4.16. The van der Waals surface area contributed by atoms with Gasteiger partial charge in [0.25, 0.3) is 0 Å².